The maximum absolute atomic E-state index is 12.9. The zero-order chi connectivity index (χ0) is 17.6. The summed E-state index contributed by atoms with van der Waals surface area (Å²) in [6.07, 6.45) is 0. The van der Waals surface area contributed by atoms with E-state index in [9.17, 15) is 9.90 Å². The fourth-order valence-electron chi connectivity index (χ4n) is 4.82. The molecule has 1 amide bonds. The molecule has 0 spiro atoms. The molecule has 0 bridgehead atoms. The Labute approximate surface area is 173 Å². The number of halogens is 2. The van der Waals surface area contributed by atoms with E-state index in [1.165, 1.54) is 5.56 Å². The van der Waals surface area contributed by atoms with E-state index in [1.54, 1.807) is 7.11 Å². The first-order valence-corrected chi connectivity index (χ1v) is 9.03. The van der Waals surface area contributed by atoms with Gasteiger partial charge in [-0.05, 0) is 30.7 Å². The Morgan fingerprint density at radius 2 is 1.89 bits per heavy atom. The minimum Gasteiger partial charge on any atom is -0.497 e. The van der Waals surface area contributed by atoms with Crippen LogP contribution in [0.15, 0.2) is 24.3 Å². The number of methoxy groups -OCH3 is 1. The quantitative estimate of drug-likeness (QED) is 0.769. The van der Waals surface area contributed by atoms with Gasteiger partial charge in [0.25, 0.3) is 0 Å². The number of rotatable bonds is 4. The summed E-state index contributed by atoms with van der Waals surface area (Å²) in [5.41, 5.74) is 0.701. The highest BCUT2D eigenvalue weighted by Gasteiger charge is 2.52. The van der Waals surface area contributed by atoms with E-state index >= 15 is 0 Å². The van der Waals surface area contributed by atoms with Crippen LogP contribution < -0.4 is 10.1 Å². The minimum atomic E-state index is -0.583. The van der Waals surface area contributed by atoms with Crippen LogP contribution in [0.25, 0.3) is 0 Å². The lowest BCUT2D eigenvalue weighted by Crippen LogP contribution is -2.63. The van der Waals surface area contributed by atoms with Crippen LogP contribution in [0.2, 0.25) is 0 Å². The maximum atomic E-state index is 12.9. The van der Waals surface area contributed by atoms with Crippen LogP contribution in [0.1, 0.15) is 11.6 Å². The normalized spacial score (nSPS) is 28.6. The molecule has 4 rings (SSSR count). The van der Waals surface area contributed by atoms with E-state index < -0.39 is 5.41 Å². The van der Waals surface area contributed by atoms with Crippen LogP contribution in [-0.4, -0.2) is 74.3 Å². The molecule has 0 saturated carbocycles. The highest BCUT2D eigenvalue weighted by Crippen LogP contribution is 2.45. The van der Waals surface area contributed by atoms with Crippen LogP contribution in [0, 0.1) is 17.3 Å². The van der Waals surface area contributed by atoms with Crippen molar-refractivity contribution in [2.75, 3.05) is 53.5 Å². The van der Waals surface area contributed by atoms with Gasteiger partial charge in [0.15, 0.2) is 0 Å². The fourth-order valence-corrected chi connectivity index (χ4v) is 4.82. The number of ether oxygens (including phenoxy) is 1. The number of carbonyl (C=O) groups is 1. The average Bonchev–Trinajstić information content (AvgIpc) is 3.11. The molecule has 3 atom stereocenters. The fraction of sp³-hybridized carbons (Fsp3) is 0.632. The van der Waals surface area contributed by atoms with E-state index in [1.807, 2.05) is 17.0 Å². The number of carbonyl (C=O) groups excluding carboxylic acids is 1. The largest absolute Gasteiger partial charge is 0.497 e. The lowest BCUT2D eigenvalue weighted by atomic mass is 9.81. The monoisotopic (exact) mass is 417 g/mol. The molecule has 0 radical (unpaired) electrons. The van der Waals surface area contributed by atoms with Gasteiger partial charge in [-0.2, -0.15) is 0 Å². The van der Waals surface area contributed by atoms with Gasteiger partial charge in [-0.15, -0.1) is 24.8 Å². The van der Waals surface area contributed by atoms with Gasteiger partial charge in [0.1, 0.15) is 5.75 Å². The zero-order valence-electron chi connectivity index (χ0n) is 15.8. The predicted octanol–water partition coefficient (Wildman–Crippen LogP) is 1.18. The van der Waals surface area contributed by atoms with Gasteiger partial charge in [0.05, 0.1) is 19.1 Å². The molecule has 3 fully saturated rings. The van der Waals surface area contributed by atoms with Gasteiger partial charge >= 0.3 is 0 Å². The number of aliphatic hydroxyl groups excluding tert-OH is 1. The summed E-state index contributed by atoms with van der Waals surface area (Å²) in [6.45, 7) is 3.72. The summed E-state index contributed by atoms with van der Waals surface area (Å²) in [6, 6.07) is 8.62. The first-order chi connectivity index (χ1) is 12.1. The molecule has 0 aromatic heterocycles. The molecule has 27 heavy (non-hydrogen) atoms. The number of nitrogens with zero attached hydrogens (tertiary/aromatic N) is 2. The molecule has 0 aliphatic carbocycles. The Morgan fingerprint density at radius 1 is 1.22 bits per heavy atom. The van der Waals surface area contributed by atoms with Crippen molar-refractivity contribution in [3.8, 4) is 5.75 Å². The van der Waals surface area contributed by atoms with Gasteiger partial charge in [-0.1, -0.05) is 12.1 Å². The summed E-state index contributed by atoms with van der Waals surface area (Å²) >= 11 is 0. The third-order valence-electron chi connectivity index (χ3n) is 6.32. The highest BCUT2D eigenvalue weighted by molar-refractivity contribution is 5.86. The molecule has 3 aliphatic heterocycles. The first kappa shape index (κ1) is 22.2. The van der Waals surface area contributed by atoms with E-state index in [-0.39, 0.29) is 37.3 Å². The van der Waals surface area contributed by atoms with Gasteiger partial charge in [-0.25, -0.2) is 0 Å². The van der Waals surface area contributed by atoms with Crippen molar-refractivity contribution in [2.45, 2.75) is 6.04 Å². The van der Waals surface area contributed by atoms with Crippen molar-refractivity contribution in [2.24, 2.45) is 17.3 Å². The molecule has 3 saturated heterocycles. The second-order valence-corrected chi connectivity index (χ2v) is 7.83. The van der Waals surface area contributed by atoms with E-state index in [2.05, 4.69) is 29.4 Å². The molecule has 3 heterocycles. The molecule has 0 unspecified atom stereocenters. The van der Waals surface area contributed by atoms with Gasteiger partial charge in [-0.3, -0.25) is 9.69 Å². The Morgan fingerprint density at radius 3 is 2.41 bits per heavy atom. The molecule has 1 aromatic carbocycles. The number of likely N-dealkylation sites (tertiary alicyclic amines) is 2. The van der Waals surface area contributed by atoms with E-state index in [4.69, 9.17) is 4.74 Å². The average molecular weight is 418 g/mol. The first-order valence-electron chi connectivity index (χ1n) is 9.03. The lowest BCUT2D eigenvalue weighted by Gasteiger charge is -2.42. The number of aliphatic hydroxyl groups is 1. The van der Waals surface area contributed by atoms with Crippen molar-refractivity contribution in [3.63, 3.8) is 0 Å². The number of hydrogen-bond acceptors (Lipinski definition) is 5. The summed E-state index contributed by atoms with van der Waals surface area (Å²) < 4.78 is 5.27. The summed E-state index contributed by atoms with van der Waals surface area (Å²) in [5.74, 6) is 1.95. The van der Waals surface area contributed by atoms with Crippen molar-refractivity contribution >= 4 is 30.7 Å². The van der Waals surface area contributed by atoms with E-state index in [0.717, 1.165) is 25.4 Å². The lowest BCUT2D eigenvalue weighted by molar-refractivity contribution is -0.147. The maximum Gasteiger partial charge on any atom is 0.233 e. The van der Waals surface area contributed by atoms with Crippen LogP contribution >= 0.6 is 24.8 Å². The summed E-state index contributed by atoms with van der Waals surface area (Å²) in [4.78, 5) is 17.3. The van der Waals surface area contributed by atoms with Gasteiger partial charge in [0, 0.05) is 44.7 Å². The summed E-state index contributed by atoms with van der Waals surface area (Å²) in [7, 11) is 3.85. The molecule has 1 aromatic rings. The third-order valence-corrected chi connectivity index (χ3v) is 6.32. The number of amides is 1. The van der Waals surface area contributed by atoms with E-state index in [0.29, 0.717) is 31.0 Å². The second kappa shape index (κ2) is 8.53. The van der Waals surface area contributed by atoms with Crippen molar-refractivity contribution in [3.05, 3.63) is 29.8 Å². The van der Waals surface area contributed by atoms with Gasteiger partial charge in [0.2, 0.25) is 5.91 Å². The molecular formula is C19H29Cl2N3O3. The topological polar surface area (TPSA) is 65.0 Å². The molecule has 152 valence electrons. The molecule has 8 heteroatoms. The number of fused-ring (bicyclic) bond motifs is 1. The summed E-state index contributed by atoms with van der Waals surface area (Å²) in [5, 5.41) is 12.8. The standard InChI is InChI=1S/C19H27N3O3.2ClH/c1-21-7-14-8-22(18(24)19(12-23)10-20-11-19)9-16(14)17(21)13-3-5-15(25-2)6-4-13;;/h3-6,14,16-17,20,23H,7-12H2,1-2H3;2*1H/t14-,16+,17-;;/m0../s1. The Kier molecular flexibility index (Phi) is 7.03. The Balaban J connectivity index is 0.00000131. The number of hydrogen-bond donors (Lipinski definition) is 2. The predicted molar refractivity (Wildman–Crippen MR) is 109 cm³/mol. The molecule has 2 N–H and O–H groups in total. The van der Waals surface area contributed by atoms with Crippen molar-refractivity contribution in [1.29, 1.82) is 0 Å². The minimum absolute atomic E-state index is 0. The smallest absolute Gasteiger partial charge is 0.233 e. The zero-order valence-corrected chi connectivity index (χ0v) is 17.4. The van der Waals surface area contributed by atoms with Crippen LogP contribution in [-0.2, 0) is 4.79 Å². The number of benzene rings is 1. The van der Waals surface area contributed by atoms with Crippen molar-refractivity contribution < 1.29 is 14.6 Å². The van der Waals surface area contributed by atoms with Crippen LogP contribution in [0.4, 0.5) is 0 Å². The molecular weight excluding hydrogens is 389 g/mol. The third kappa shape index (κ3) is 3.66. The molecule has 6 nitrogen and oxygen atoms in total. The van der Waals surface area contributed by atoms with Gasteiger partial charge < -0.3 is 20.1 Å². The number of nitrogens with one attached hydrogen (secondary N) is 1. The van der Waals surface area contributed by atoms with Crippen LogP contribution in [0.5, 0.6) is 5.75 Å². The Bertz CT molecular complexity index is 649. The van der Waals surface area contributed by atoms with Crippen molar-refractivity contribution in [1.82, 2.24) is 15.1 Å². The van der Waals surface area contributed by atoms with Crippen LogP contribution in [0.3, 0.4) is 0 Å². The second-order valence-electron chi connectivity index (χ2n) is 7.83. The molecule has 3 aliphatic rings. The Hall–Kier alpha value is -1.05. The highest BCUT2D eigenvalue weighted by atomic mass is 35.5. The SMILES string of the molecule is COc1ccc([C@H]2[C@@H]3CN(C(=O)C4(CO)CNC4)C[C@@H]3CN2C)cc1.Cl.Cl.